The number of halogens is 1. The van der Waals surface area contributed by atoms with Crippen molar-refractivity contribution in [1.82, 2.24) is 5.32 Å². The zero-order valence-electron chi connectivity index (χ0n) is 28.3. The van der Waals surface area contributed by atoms with Crippen molar-refractivity contribution in [2.45, 2.75) is 126 Å². The predicted octanol–water partition coefficient (Wildman–Crippen LogP) is 3.16. The highest BCUT2D eigenvalue weighted by molar-refractivity contribution is 6.22. The Morgan fingerprint density at radius 2 is 1.87 bits per heavy atom. The quantitative estimate of drug-likeness (QED) is 0.0875. The molecule has 2 bridgehead atoms. The Labute approximate surface area is 283 Å². The number of esters is 1. The van der Waals surface area contributed by atoms with Gasteiger partial charge in [-0.15, -0.1) is 11.6 Å². The lowest BCUT2D eigenvalue weighted by atomic mass is 9.79. The van der Waals surface area contributed by atoms with Gasteiger partial charge in [-0.1, -0.05) is 49.5 Å². The van der Waals surface area contributed by atoms with Gasteiger partial charge < -0.3 is 44.0 Å². The average molecular weight is 680 g/mol. The molecule has 12 heteroatoms. The molecule has 2 saturated heterocycles. The van der Waals surface area contributed by atoms with E-state index < -0.39 is 66.6 Å². The van der Waals surface area contributed by atoms with Gasteiger partial charge >= 0.3 is 5.97 Å². The standard InChI is InChI=1S/C35H50ClNO10/c1-20-14-25(13-11-9-8-10-12-24-16-26(24)36)45-29(39)18-35(41)17-28(22(3)30(47-35)21(2)27(15-20)42-6)46-33-32(43-7)34(5,40)31(37-19-38)23(4)44-33/h8-9,11,13,15,19,21-28,30-33,40-41H,14,16-18H2,1-7H3,(H,37,38)/b9-8+,13-11+,20-15+/t21-,22-,23-,24+,25+,26+,27-,28+,30+,31+,32-,33+,34+,35+/m1/s1. The molecule has 262 valence electrons. The van der Waals surface area contributed by atoms with Gasteiger partial charge in [-0.2, -0.15) is 0 Å². The van der Waals surface area contributed by atoms with E-state index in [-0.39, 0.29) is 35.7 Å². The van der Waals surface area contributed by atoms with E-state index in [0.717, 1.165) is 12.0 Å². The topological polar surface area (TPSA) is 142 Å². The number of amides is 1. The van der Waals surface area contributed by atoms with Crippen LogP contribution < -0.4 is 5.32 Å². The molecule has 0 radical (unpaired) electrons. The largest absolute Gasteiger partial charge is 0.458 e. The Hall–Kier alpha value is -2.27. The average Bonchev–Trinajstić information content (AvgIpc) is 3.70. The summed E-state index contributed by atoms with van der Waals surface area (Å²) in [6.07, 6.45) is 5.45. The number of hydrogen-bond donors (Lipinski definition) is 3. The minimum Gasteiger partial charge on any atom is -0.458 e. The molecule has 1 saturated carbocycles. The summed E-state index contributed by atoms with van der Waals surface area (Å²) in [6, 6.07) is -0.758. The maximum atomic E-state index is 13.3. The molecule has 1 amide bonds. The van der Waals surface area contributed by atoms with Gasteiger partial charge in [0.25, 0.3) is 0 Å². The normalized spacial score (nSPS) is 45.5. The van der Waals surface area contributed by atoms with Crippen LogP contribution in [0.3, 0.4) is 0 Å². The number of allylic oxidation sites excluding steroid dienone is 3. The zero-order chi connectivity index (χ0) is 34.5. The van der Waals surface area contributed by atoms with Crippen molar-refractivity contribution in [3.63, 3.8) is 0 Å². The van der Waals surface area contributed by atoms with Crippen LogP contribution in [0, 0.1) is 29.6 Å². The summed E-state index contributed by atoms with van der Waals surface area (Å²) in [4.78, 5) is 24.6. The van der Waals surface area contributed by atoms with Gasteiger partial charge in [-0.3, -0.25) is 9.59 Å². The fraction of sp³-hybridized carbons (Fsp3) is 0.714. The van der Waals surface area contributed by atoms with E-state index in [1.807, 2.05) is 26.8 Å². The minimum absolute atomic E-state index is 0.0755. The summed E-state index contributed by atoms with van der Waals surface area (Å²) in [5.74, 6) is 3.19. The molecular weight excluding hydrogens is 630 g/mol. The molecule has 0 aromatic rings. The number of hydrogen-bond acceptors (Lipinski definition) is 10. The first-order valence-corrected chi connectivity index (χ1v) is 16.7. The molecule has 14 atom stereocenters. The molecule has 1 aliphatic carbocycles. The van der Waals surface area contributed by atoms with Crippen LogP contribution in [0.15, 0.2) is 36.0 Å². The molecule has 3 N–H and O–H groups in total. The van der Waals surface area contributed by atoms with Gasteiger partial charge in [0.05, 0.1) is 36.9 Å². The maximum Gasteiger partial charge on any atom is 0.311 e. The lowest BCUT2D eigenvalue weighted by molar-refractivity contribution is -0.352. The number of rotatable bonds is 8. The van der Waals surface area contributed by atoms with Crippen molar-refractivity contribution in [3.8, 4) is 11.8 Å². The number of methoxy groups -OCH3 is 2. The summed E-state index contributed by atoms with van der Waals surface area (Å²) in [7, 11) is 3.04. The number of alkyl halides is 1. The number of cyclic esters (lactones) is 1. The molecule has 3 fully saturated rings. The van der Waals surface area contributed by atoms with E-state index >= 15 is 0 Å². The fourth-order valence-electron chi connectivity index (χ4n) is 6.92. The third-order valence-corrected chi connectivity index (χ3v) is 10.1. The zero-order valence-corrected chi connectivity index (χ0v) is 29.0. The Bertz CT molecular complexity index is 1260. The van der Waals surface area contributed by atoms with Gasteiger partial charge in [0, 0.05) is 50.2 Å². The van der Waals surface area contributed by atoms with Crippen LogP contribution >= 0.6 is 11.6 Å². The molecule has 11 nitrogen and oxygen atoms in total. The lowest BCUT2D eigenvalue weighted by Gasteiger charge is -2.52. The van der Waals surface area contributed by atoms with Crippen LogP contribution in [0.1, 0.15) is 60.3 Å². The minimum atomic E-state index is -1.93. The smallest absolute Gasteiger partial charge is 0.311 e. The Balaban J connectivity index is 1.58. The summed E-state index contributed by atoms with van der Waals surface area (Å²) in [5, 5.41) is 26.0. The maximum absolute atomic E-state index is 13.3. The molecule has 47 heavy (non-hydrogen) atoms. The number of nitrogens with one attached hydrogen (secondary N) is 1. The monoisotopic (exact) mass is 679 g/mol. The Morgan fingerprint density at radius 1 is 1.15 bits per heavy atom. The molecule has 0 aromatic carbocycles. The van der Waals surface area contributed by atoms with Crippen molar-refractivity contribution >= 4 is 24.0 Å². The molecule has 3 heterocycles. The predicted molar refractivity (Wildman–Crippen MR) is 174 cm³/mol. The van der Waals surface area contributed by atoms with E-state index in [1.54, 1.807) is 45.3 Å². The molecule has 0 spiro atoms. The lowest BCUT2D eigenvalue weighted by Crippen LogP contribution is -2.70. The SMILES string of the molecule is CO[C@@H]1[C@H](O[C@H]2C[C@@]3(O)CC(=O)O[C@@H](/C=C/C=C/C#C[C@H]4C[C@@H]4Cl)C/C(C)=C/[C@@H](OC)[C@@H](C)[C@H](O3)[C@@H]2C)O[C@H](C)[C@H](NC=O)[C@]1(C)O. The van der Waals surface area contributed by atoms with Gasteiger partial charge in [0.15, 0.2) is 12.1 Å². The van der Waals surface area contributed by atoms with E-state index in [9.17, 15) is 19.8 Å². The molecule has 0 aromatic heterocycles. The van der Waals surface area contributed by atoms with Crippen molar-refractivity contribution in [3.05, 3.63) is 36.0 Å². The van der Waals surface area contributed by atoms with Crippen LogP contribution in [-0.4, -0.2) is 103 Å². The number of ether oxygens (including phenoxy) is 6. The van der Waals surface area contributed by atoms with Crippen molar-refractivity contribution < 1.29 is 48.2 Å². The van der Waals surface area contributed by atoms with Crippen molar-refractivity contribution in [2.75, 3.05) is 14.2 Å². The first-order chi connectivity index (χ1) is 22.2. The van der Waals surface area contributed by atoms with Crippen LogP contribution in [-0.2, 0) is 38.0 Å². The summed E-state index contributed by atoms with van der Waals surface area (Å²) >= 11 is 6.00. The summed E-state index contributed by atoms with van der Waals surface area (Å²) in [6.45, 7) is 9.14. The van der Waals surface area contributed by atoms with Gasteiger partial charge in [0.1, 0.15) is 17.8 Å². The number of carbonyl (C=O) groups is 2. The highest BCUT2D eigenvalue weighted by Gasteiger charge is 2.56. The van der Waals surface area contributed by atoms with E-state index in [2.05, 4.69) is 17.2 Å². The van der Waals surface area contributed by atoms with Gasteiger partial charge in [-0.25, -0.2) is 0 Å². The molecular formula is C35H50ClNO10. The number of aliphatic hydroxyl groups is 2. The molecule has 3 aliphatic heterocycles. The van der Waals surface area contributed by atoms with Crippen LogP contribution in [0.2, 0.25) is 0 Å². The molecule has 4 rings (SSSR count). The Morgan fingerprint density at radius 3 is 2.51 bits per heavy atom. The Kier molecular flexibility index (Phi) is 12.8. The van der Waals surface area contributed by atoms with Crippen molar-refractivity contribution in [2.24, 2.45) is 17.8 Å². The van der Waals surface area contributed by atoms with Crippen molar-refractivity contribution in [1.29, 1.82) is 0 Å². The molecule has 4 aliphatic rings. The van der Waals surface area contributed by atoms with E-state index in [0.29, 0.717) is 12.8 Å². The van der Waals surface area contributed by atoms with Crippen LogP contribution in [0.4, 0.5) is 0 Å². The molecule has 0 unspecified atom stereocenters. The van der Waals surface area contributed by atoms with Crippen LogP contribution in [0.25, 0.3) is 0 Å². The van der Waals surface area contributed by atoms with Gasteiger partial charge in [0.2, 0.25) is 6.41 Å². The summed E-state index contributed by atoms with van der Waals surface area (Å²) in [5.41, 5.74) is -0.591. The number of fused-ring (bicyclic) bond motifs is 2. The third kappa shape index (κ3) is 9.25. The highest BCUT2D eigenvalue weighted by atomic mass is 35.5. The highest BCUT2D eigenvalue weighted by Crippen LogP contribution is 2.42. The van der Waals surface area contributed by atoms with E-state index in [1.165, 1.54) is 7.11 Å². The van der Waals surface area contributed by atoms with E-state index in [4.69, 9.17) is 40.0 Å². The second-order valence-electron chi connectivity index (χ2n) is 13.5. The number of carbonyl (C=O) groups excluding carboxylic acids is 2. The first-order valence-electron chi connectivity index (χ1n) is 16.3. The van der Waals surface area contributed by atoms with Crippen LogP contribution in [0.5, 0.6) is 0 Å². The fourth-order valence-corrected chi connectivity index (χ4v) is 7.17. The summed E-state index contributed by atoms with van der Waals surface area (Å²) < 4.78 is 36.4. The third-order valence-electron chi connectivity index (χ3n) is 9.64. The second kappa shape index (κ2) is 16.0. The van der Waals surface area contributed by atoms with Gasteiger partial charge in [-0.05, 0) is 39.3 Å². The first kappa shape index (κ1) is 37.5. The second-order valence-corrected chi connectivity index (χ2v) is 14.1.